The topological polar surface area (TPSA) is 87.7 Å². The summed E-state index contributed by atoms with van der Waals surface area (Å²) >= 11 is 1.45. The van der Waals surface area contributed by atoms with Crippen LogP contribution in [0.1, 0.15) is 11.1 Å². The van der Waals surface area contributed by atoms with Crippen LogP contribution in [0.4, 0.5) is 0 Å². The second kappa shape index (κ2) is 7.87. The van der Waals surface area contributed by atoms with Gasteiger partial charge < -0.3 is 9.64 Å². The molecule has 2 N–H and O–H groups in total. The number of rotatable bonds is 5. The van der Waals surface area contributed by atoms with Crippen molar-refractivity contribution in [1.82, 2.24) is 15.8 Å². The zero-order valence-electron chi connectivity index (χ0n) is 13.0. The Bertz CT molecular complexity index is 600. The van der Waals surface area contributed by atoms with Crippen molar-refractivity contribution in [2.45, 2.75) is 13.8 Å². The van der Waals surface area contributed by atoms with E-state index in [1.165, 1.54) is 16.7 Å². The first-order chi connectivity index (χ1) is 10.9. The van der Waals surface area contributed by atoms with E-state index in [1.807, 2.05) is 32.0 Å². The van der Waals surface area contributed by atoms with Crippen molar-refractivity contribution < 1.29 is 19.1 Å². The van der Waals surface area contributed by atoms with Gasteiger partial charge in [-0.3, -0.25) is 25.2 Å². The fourth-order valence-corrected chi connectivity index (χ4v) is 3.00. The van der Waals surface area contributed by atoms with Crippen LogP contribution in [0.3, 0.4) is 0 Å². The van der Waals surface area contributed by atoms with Crippen LogP contribution in [0.15, 0.2) is 18.2 Å². The van der Waals surface area contributed by atoms with E-state index < -0.39 is 11.8 Å². The zero-order valence-corrected chi connectivity index (χ0v) is 13.9. The van der Waals surface area contributed by atoms with E-state index in [0.29, 0.717) is 17.4 Å². The molecule has 0 spiro atoms. The van der Waals surface area contributed by atoms with Crippen LogP contribution in [0, 0.1) is 13.8 Å². The standard InChI is InChI=1S/C15H19N3O4S/c1-10-3-11(2)5-12(4-10)22-7-14(20)17-16-13(19)6-18-9-23-8-15(18)21/h3-5H,6-9H2,1-2H3,(H,16,19)(H,17,20). The monoisotopic (exact) mass is 337 g/mol. The predicted octanol–water partition coefficient (Wildman–Crippen LogP) is 0.363. The number of amides is 3. The molecule has 1 saturated heterocycles. The average molecular weight is 337 g/mol. The number of thioether (sulfide) groups is 1. The lowest BCUT2D eigenvalue weighted by Gasteiger charge is -2.14. The Kier molecular flexibility index (Phi) is 5.86. The highest BCUT2D eigenvalue weighted by Crippen LogP contribution is 2.16. The predicted molar refractivity (Wildman–Crippen MR) is 86.7 cm³/mol. The molecule has 2 rings (SSSR count). The van der Waals surface area contributed by atoms with Gasteiger partial charge in [-0.25, -0.2) is 0 Å². The van der Waals surface area contributed by atoms with Crippen LogP contribution < -0.4 is 15.6 Å². The summed E-state index contributed by atoms with van der Waals surface area (Å²) in [6, 6.07) is 5.66. The summed E-state index contributed by atoms with van der Waals surface area (Å²) in [4.78, 5) is 36.1. The molecular weight excluding hydrogens is 318 g/mol. The Morgan fingerprint density at radius 2 is 1.83 bits per heavy atom. The van der Waals surface area contributed by atoms with Gasteiger partial charge in [0.15, 0.2) is 6.61 Å². The minimum absolute atomic E-state index is 0.0654. The first-order valence-corrected chi connectivity index (χ1v) is 8.24. The van der Waals surface area contributed by atoms with Gasteiger partial charge >= 0.3 is 0 Å². The molecule has 0 aliphatic carbocycles. The Labute approximate surface area is 138 Å². The third-order valence-corrected chi connectivity index (χ3v) is 4.01. The van der Waals surface area contributed by atoms with E-state index in [9.17, 15) is 14.4 Å². The highest BCUT2D eigenvalue weighted by Gasteiger charge is 2.22. The number of benzene rings is 1. The minimum Gasteiger partial charge on any atom is -0.484 e. The first kappa shape index (κ1) is 17.1. The van der Waals surface area contributed by atoms with Crippen molar-refractivity contribution >= 4 is 29.5 Å². The van der Waals surface area contributed by atoms with Crippen molar-refractivity contribution in [3.63, 3.8) is 0 Å². The van der Waals surface area contributed by atoms with Crippen molar-refractivity contribution in [3.05, 3.63) is 29.3 Å². The smallest absolute Gasteiger partial charge is 0.276 e. The molecule has 1 aromatic carbocycles. The second-order valence-corrected chi connectivity index (χ2v) is 6.23. The van der Waals surface area contributed by atoms with E-state index in [-0.39, 0.29) is 19.1 Å². The van der Waals surface area contributed by atoms with Crippen molar-refractivity contribution in [3.8, 4) is 5.75 Å². The maximum atomic E-state index is 11.7. The maximum absolute atomic E-state index is 11.7. The van der Waals surface area contributed by atoms with E-state index >= 15 is 0 Å². The average Bonchev–Trinajstić information content (AvgIpc) is 2.87. The van der Waals surface area contributed by atoms with Crippen LogP contribution in [-0.4, -0.2) is 47.4 Å². The van der Waals surface area contributed by atoms with Gasteiger partial charge in [0.25, 0.3) is 11.8 Å². The molecule has 8 heteroatoms. The van der Waals surface area contributed by atoms with E-state index in [0.717, 1.165) is 11.1 Å². The van der Waals surface area contributed by atoms with Gasteiger partial charge in [-0.05, 0) is 37.1 Å². The summed E-state index contributed by atoms with van der Waals surface area (Å²) in [6.45, 7) is 3.61. The number of nitrogens with one attached hydrogen (secondary N) is 2. The van der Waals surface area contributed by atoms with Gasteiger partial charge in [0, 0.05) is 0 Å². The summed E-state index contributed by atoms with van der Waals surface area (Å²) < 4.78 is 5.38. The summed E-state index contributed by atoms with van der Waals surface area (Å²) in [5.41, 5.74) is 6.62. The lowest BCUT2D eigenvalue weighted by Crippen LogP contribution is -2.48. The van der Waals surface area contributed by atoms with Crippen LogP contribution >= 0.6 is 11.8 Å². The quantitative estimate of drug-likeness (QED) is 0.758. The molecule has 23 heavy (non-hydrogen) atoms. The molecule has 0 saturated carbocycles. The molecular formula is C15H19N3O4S. The van der Waals surface area contributed by atoms with Gasteiger partial charge in [0.2, 0.25) is 5.91 Å². The van der Waals surface area contributed by atoms with Crippen LogP contribution in [-0.2, 0) is 14.4 Å². The molecule has 3 amide bonds. The van der Waals surface area contributed by atoms with Crippen molar-refractivity contribution in [2.75, 3.05) is 24.8 Å². The molecule has 124 valence electrons. The van der Waals surface area contributed by atoms with Gasteiger partial charge in [0.05, 0.1) is 11.6 Å². The number of hydrogen-bond donors (Lipinski definition) is 2. The molecule has 0 aromatic heterocycles. The summed E-state index contributed by atoms with van der Waals surface area (Å²) in [6.07, 6.45) is 0. The molecule has 0 unspecified atom stereocenters. The summed E-state index contributed by atoms with van der Waals surface area (Å²) in [7, 11) is 0. The van der Waals surface area contributed by atoms with Gasteiger partial charge in [0.1, 0.15) is 12.3 Å². The number of hydrazine groups is 1. The normalized spacial score (nSPS) is 13.8. The molecule has 1 aliphatic rings. The van der Waals surface area contributed by atoms with Gasteiger partial charge in [-0.2, -0.15) is 0 Å². The van der Waals surface area contributed by atoms with Crippen LogP contribution in [0.5, 0.6) is 5.75 Å². The number of nitrogens with zero attached hydrogens (tertiary/aromatic N) is 1. The highest BCUT2D eigenvalue weighted by molar-refractivity contribution is 8.00. The number of carbonyl (C=O) groups excluding carboxylic acids is 3. The maximum Gasteiger partial charge on any atom is 0.276 e. The largest absolute Gasteiger partial charge is 0.484 e. The second-order valence-electron chi connectivity index (χ2n) is 5.28. The van der Waals surface area contributed by atoms with Crippen LogP contribution in [0.25, 0.3) is 0 Å². The Morgan fingerprint density at radius 3 is 2.43 bits per heavy atom. The number of hydrogen-bond acceptors (Lipinski definition) is 5. The fourth-order valence-electron chi connectivity index (χ4n) is 2.09. The molecule has 1 aromatic rings. The number of ether oxygens (including phenoxy) is 1. The first-order valence-electron chi connectivity index (χ1n) is 7.08. The number of carbonyl (C=O) groups is 3. The Hall–Kier alpha value is -2.22. The SMILES string of the molecule is Cc1cc(C)cc(OCC(=O)NNC(=O)CN2CSCC2=O)c1. The number of aryl methyl sites for hydroxylation is 2. The molecule has 1 heterocycles. The molecule has 0 radical (unpaired) electrons. The molecule has 1 fully saturated rings. The Balaban J connectivity index is 1.70. The van der Waals surface area contributed by atoms with Gasteiger partial charge in [-0.1, -0.05) is 6.07 Å². The Morgan fingerprint density at radius 1 is 1.17 bits per heavy atom. The third kappa shape index (κ3) is 5.48. The van der Waals surface area contributed by atoms with Crippen LogP contribution in [0.2, 0.25) is 0 Å². The van der Waals surface area contributed by atoms with E-state index in [2.05, 4.69) is 10.9 Å². The summed E-state index contributed by atoms with van der Waals surface area (Å²) in [5, 5.41) is 0. The van der Waals surface area contributed by atoms with Crippen molar-refractivity contribution in [2.24, 2.45) is 0 Å². The fraction of sp³-hybridized carbons (Fsp3) is 0.400. The molecule has 7 nitrogen and oxygen atoms in total. The lowest BCUT2D eigenvalue weighted by atomic mass is 10.1. The molecule has 1 aliphatic heterocycles. The lowest BCUT2D eigenvalue weighted by molar-refractivity contribution is -0.134. The van der Waals surface area contributed by atoms with Crippen molar-refractivity contribution in [1.29, 1.82) is 0 Å². The zero-order chi connectivity index (χ0) is 16.8. The third-order valence-electron chi connectivity index (χ3n) is 3.07. The summed E-state index contributed by atoms with van der Waals surface area (Å²) in [5.74, 6) is 0.498. The molecule has 0 atom stereocenters. The van der Waals surface area contributed by atoms with Gasteiger partial charge in [-0.15, -0.1) is 11.8 Å². The molecule has 0 bridgehead atoms. The minimum atomic E-state index is -0.473. The van der Waals surface area contributed by atoms with E-state index in [4.69, 9.17) is 4.74 Å². The highest BCUT2D eigenvalue weighted by atomic mass is 32.2. The van der Waals surface area contributed by atoms with E-state index in [1.54, 1.807) is 0 Å².